The highest BCUT2D eigenvalue weighted by atomic mass is 16.5. The third-order valence-electron chi connectivity index (χ3n) is 3.84. The highest BCUT2D eigenvalue weighted by molar-refractivity contribution is 5.83. The first-order chi connectivity index (χ1) is 9.85. The van der Waals surface area contributed by atoms with E-state index in [9.17, 15) is 0 Å². The number of hydrogen-bond donors (Lipinski definition) is 0. The largest absolute Gasteiger partial charge is 0.493 e. The minimum Gasteiger partial charge on any atom is -0.493 e. The van der Waals surface area contributed by atoms with Crippen molar-refractivity contribution in [3.63, 3.8) is 0 Å². The van der Waals surface area contributed by atoms with E-state index in [-0.39, 0.29) is 0 Å². The topological polar surface area (TPSA) is 9.23 Å². The molecule has 0 saturated heterocycles. The van der Waals surface area contributed by atoms with Crippen LogP contribution in [0.1, 0.15) is 36.5 Å². The molecular formula is C19H18O. The first kappa shape index (κ1) is 12.8. The molecule has 0 bridgehead atoms. The molecule has 0 radical (unpaired) electrons. The predicted octanol–water partition coefficient (Wildman–Crippen LogP) is 4.42. The van der Waals surface area contributed by atoms with Crippen LogP contribution in [0.3, 0.4) is 0 Å². The van der Waals surface area contributed by atoms with Crippen molar-refractivity contribution in [2.45, 2.75) is 26.2 Å². The van der Waals surface area contributed by atoms with Gasteiger partial charge in [-0.2, -0.15) is 0 Å². The van der Waals surface area contributed by atoms with Gasteiger partial charge in [-0.15, -0.1) is 6.42 Å². The van der Waals surface area contributed by atoms with Crippen molar-refractivity contribution in [3.8, 4) is 29.2 Å². The van der Waals surface area contributed by atoms with E-state index in [0.29, 0.717) is 0 Å². The van der Waals surface area contributed by atoms with E-state index in [1.807, 2.05) is 12.1 Å². The number of ether oxygens (including phenoxy) is 1. The van der Waals surface area contributed by atoms with Gasteiger partial charge in [-0.05, 0) is 35.2 Å². The molecule has 0 aliphatic heterocycles. The molecule has 0 spiro atoms. The van der Waals surface area contributed by atoms with Gasteiger partial charge >= 0.3 is 0 Å². The molecule has 20 heavy (non-hydrogen) atoms. The zero-order chi connectivity index (χ0) is 13.9. The van der Waals surface area contributed by atoms with Gasteiger partial charge in [0.1, 0.15) is 5.75 Å². The average Bonchev–Trinajstić information content (AvgIpc) is 2.86. The summed E-state index contributed by atoms with van der Waals surface area (Å²) in [6.07, 6.45) is 8.76. The molecule has 0 saturated carbocycles. The number of hydrogen-bond acceptors (Lipinski definition) is 1. The van der Waals surface area contributed by atoms with Gasteiger partial charge in [0, 0.05) is 17.5 Å². The van der Waals surface area contributed by atoms with Crippen LogP contribution < -0.4 is 4.74 Å². The molecule has 0 amide bonds. The number of unbranched alkanes of at least 4 members (excludes halogenated alkanes) is 1. The summed E-state index contributed by atoms with van der Waals surface area (Å²) in [7, 11) is 0. The van der Waals surface area contributed by atoms with E-state index in [1.165, 1.54) is 22.3 Å². The quantitative estimate of drug-likeness (QED) is 0.499. The van der Waals surface area contributed by atoms with Crippen LogP contribution in [-0.2, 0) is 6.42 Å². The zero-order valence-electron chi connectivity index (χ0n) is 11.8. The van der Waals surface area contributed by atoms with Crippen LogP contribution in [0.5, 0.6) is 5.75 Å². The number of fused-ring (bicyclic) bond motifs is 3. The Balaban J connectivity index is 2.04. The van der Waals surface area contributed by atoms with E-state index < -0.39 is 0 Å². The molecule has 0 unspecified atom stereocenters. The van der Waals surface area contributed by atoms with Gasteiger partial charge in [0.2, 0.25) is 0 Å². The molecule has 0 atom stereocenters. The molecule has 0 aromatic heterocycles. The lowest BCUT2D eigenvalue weighted by Crippen LogP contribution is -1.98. The van der Waals surface area contributed by atoms with Crippen LogP contribution in [-0.4, -0.2) is 6.61 Å². The highest BCUT2D eigenvalue weighted by Gasteiger charge is 2.23. The van der Waals surface area contributed by atoms with Crippen LogP contribution in [0.4, 0.5) is 0 Å². The van der Waals surface area contributed by atoms with Crippen molar-refractivity contribution in [1.82, 2.24) is 0 Å². The third-order valence-corrected chi connectivity index (χ3v) is 3.84. The van der Waals surface area contributed by atoms with Crippen molar-refractivity contribution >= 4 is 0 Å². The molecule has 3 rings (SSSR count). The Hall–Kier alpha value is -2.20. The van der Waals surface area contributed by atoms with Crippen LogP contribution in [0, 0.1) is 12.3 Å². The molecular weight excluding hydrogens is 244 g/mol. The van der Waals surface area contributed by atoms with E-state index in [1.54, 1.807) is 0 Å². The summed E-state index contributed by atoms with van der Waals surface area (Å²) < 4.78 is 5.97. The van der Waals surface area contributed by atoms with E-state index >= 15 is 0 Å². The van der Waals surface area contributed by atoms with Gasteiger partial charge in [-0.1, -0.05) is 43.5 Å². The fraction of sp³-hybridized carbons (Fsp3) is 0.263. The van der Waals surface area contributed by atoms with Crippen molar-refractivity contribution in [2.24, 2.45) is 0 Å². The summed E-state index contributed by atoms with van der Waals surface area (Å²) in [4.78, 5) is 0. The lowest BCUT2D eigenvalue weighted by molar-refractivity contribution is 0.310. The second kappa shape index (κ2) is 5.43. The lowest BCUT2D eigenvalue weighted by Gasteiger charge is -2.11. The lowest BCUT2D eigenvalue weighted by atomic mass is 10.0. The second-order valence-corrected chi connectivity index (χ2v) is 5.15. The van der Waals surface area contributed by atoms with Crippen molar-refractivity contribution < 1.29 is 4.74 Å². The fourth-order valence-electron chi connectivity index (χ4n) is 2.81. The van der Waals surface area contributed by atoms with Crippen molar-refractivity contribution in [1.29, 1.82) is 0 Å². The fourth-order valence-corrected chi connectivity index (χ4v) is 2.81. The summed E-state index contributed by atoms with van der Waals surface area (Å²) in [5.74, 6) is 3.78. The summed E-state index contributed by atoms with van der Waals surface area (Å²) in [6, 6.07) is 12.5. The Bertz CT molecular complexity index is 677. The standard InChI is InChI=1S/C19H18O/c1-3-5-12-20-18-11-7-9-15-13-17-14(4-2)8-6-10-16(17)19(15)18/h2,6-11H,3,5,12-13H2,1H3. The molecule has 2 aromatic carbocycles. The first-order valence-electron chi connectivity index (χ1n) is 7.18. The monoisotopic (exact) mass is 262 g/mol. The maximum atomic E-state index is 5.97. The van der Waals surface area contributed by atoms with Crippen LogP contribution in [0.2, 0.25) is 0 Å². The molecule has 100 valence electrons. The SMILES string of the molecule is C#Cc1cccc2c1Cc1cccc(OCCCC)c1-2. The van der Waals surface area contributed by atoms with Crippen LogP contribution >= 0.6 is 0 Å². The van der Waals surface area contributed by atoms with Crippen LogP contribution in [0.15, 0.2) is 36.4 Å². The van der Waals surface area contributed by atoms with Gasteiger partial charge in [-0.3, -0.25) is 0 Å². The predicted molar refractivity (Wildman–Crippen MR) is 83.0 cm³/mol. The van der Waals surface area contributed by atoms with Crippen molar-refractivity contribution in [2.75, 3.05) is 6.61 Å². The Morgan fingerprint density at radius 1 is 1.20 bits per heavy atom. The highest BCUT2D eigenvalue weighted by Crippen LogP contribution is 2.43. The zero-order valence-corrected chi connectivity index (χ0v) is 11.8. The summed E-state index contributed by atoms with van der Waals surface area (Å²) >= 11 is 0. The number of terminal acetylenes is 1. The molecule has 0 heterocycles. The molecule has 1 aliphatic carbocycles. The Morgan fingerprint density at radius 2 is 2.05 bits per heavy atom. The van der Waals surface area contributed by atoms with Gasteiger partial charge in [-0.25, -0.2) is 0 Å². The smallest absolute Gasteiger partial charge is 0.127 e. The molecule has 2 aromatic rings. The normalized spacial score (nSPS) is 11.6. The minimum absolute atomic E-state index is 0.775. The Labute approximate surface area is 120 Å². The molecule has 1 nitrogen and oxygen atoms in total. The average molecular weight is 262 g/mol. The summed E-state index contributed by atoms with van der Waals surface area (Å²) in [5, 5.41) is 0. The number of rotatable bonds is 4. The Kier molecular flexibility index (Phi) is 3.48. The van der Waals surface area contributed by atoms with E-state index in [0.717, 1.165) is 37.2 Å². The maximum absolute atomic E-state index is 5.97. The maximum Gasteiger partial charge on any atom is 0.127 e. The van der Waals surface area contributed by atoms with Crippen molar-refractivity contribution in [3.05, 3.63) is 53.1 Å². The van der Waals surface area contributed by atoms with Gasteiger partial charge < -0.3 is 4.74 Å². The Morgan fingerprint density at radius 3 is 2.85 bits per heavy atom. The first-order valence-corrected chi connectivity index (χ1v) is 7.18. The van der Waals surface area contributed by atoms with E-state index in [4.69, 9.17) is 11.2 Å². The third kappa shape index (κ3) is 2.08. The minimum atomic E-state index is 0.775. The van der Waals surface area contributed by atoms with E-state index in [2.05, 4.69) is 37.1 Å². The van der Waals surface area contributed by atoms with Gasteiger partial charge in [0.15, 0.2) is 0 Å². The summed E-state index contributed by atoms with van der Waals surface area (Å²) in [5.41, 5.74) is 6.05. The van der Waals surface area contributed by atoms with Gasteiger partial charge in [0.05, 0.1) is 6.61 Å². The molecule has 1 heteroatoms. The molecule has 0 N–H and O–H groups in total. The second-order valence-electron chi connectivity index (χ2n) is 5.15. The number of benzene rings is 2. The molecule has 1 aliphatic rings. The van der Waals surface area contributed by atoms with Crippen LogP contribution in [0.25, 0.3) is 11.1 Å². The van der Waals surface area contributed by atoms with Gasteiger partial charge in [0.25, 0.3) is 0 Å². The molecule has 0 fully saturated rings. The summed E-state index contributed by atoms with van der Waals surface area (Å²) in [6.45, 7) is 2.95.